The molecule has 0 aromatic heterocycles. The summed E-state index contributed by atoms with van der Waals surface area (Å²) in [5.74, 6) is 2.18. The van der Waals surface area contributed by atoms with Crippen LogP contribution in [0.25, 0.3) is 0 Å². The van der Waals surface area contributed by atoms with E-state index in [1.165, 1.54) is 24.3 Å². The number of rotatable bonds is 12. The van der Waals surface area contributed by atoms with Crippen LogP contribution >= 0.6 is 23.0 Å². The van der Waals surface area contributed by atoms with Crippen molar-refractivity contribution in [1.29, 1.82) is 0 Å². The molecule has 1 aliphatic rings. The molecule has 2 N–H and O–H groups in total. The molecule has 0 fully saturated rings. The fourth-order valence-corrected chi connectivity index (χ4v) is 13.6. The monoisotopic (exact) mass is 725 g/mol. The van der Waals surface area contributed by atoms with Crippen LogP contribution in [0.5, 0.6) is 46.0 Å². The normalized spacial score (nSPS) is 15.1. The fraction of sp³-hybridized carbons (Fsp3) is 0. The molecule has 0 spiro atoms. The third-order valence-corrected chi connectivity index (χ3v) is 14.8. The smallest absolute Gasteiger partial charge is 0.460 e. The summed E-state index contributed by atoms with van der Waals surface area (Å²) in [7, 11) is -12.0. The molecule has 14 heteroatoms. The van der Waals surface area contributed by atoms with Crippen LogP contribution in [0.2, 0.25) is 0 Å². The molecule has 0 amide bonds. The minimum atomic E-state index is -4.06. The van der Waals surface area contributed by atoms with Crippen LogP contribution in [0, 0.1) is 0 Å². The zero-order chi connectivity index (χ0) is 34.3. The molecule has 0 aliphatic carbocycles. The molecule has 7 rings (SSSR count). The Morgan fingerprint density at radius 2 is 0.480 bits per heavy atom. The number of nitrogens with zero attached hydrogens (tertiary/aromatic N) is 3. The van der Waals surface area contributed by atoms with Crippen LogP contribution in [0.15, 0.2) is 183 Å². The largest absolute Gasteiger partial charge is 0.508 e. The van der Waals surface area contributed by atoms with Gasteiger partial charge in [-0.05, 0) is 97.1 Å². The molecule has 6 aromatic carbocycles. The standard InChI is InChI=1S/C36H30N3O8P3/c40-29-21-25-35(26-22-29)46-50(47-36-27-23-30(41)24-28-36)38-48(42-31-13-5-1-6-14-31,43-32-15-7-2-8-16-32)37-49(39-50,44-33-17-9-3-10-18-33)45-34-19-11-4-12-20-34/h1-28,40-41H. The average molecular weight is 726 g/mol. The number of para-hydroxylation sites is 4. The van der Waals surface area contributed by atoms with Gasteiger partial charge in [0.05, 0.1) is 0 Å². The highest BCUT2D eigenvalue weighted by Crippen LogP contribution is 2.78. The first-order chi connectivity index (χ1) is 24.4. The van der Waals surface area contributed by atoms with Crippen LogP contribution in [0.1, 0.15) is 0 Å². The molecule has 6 aromatic rings. The van der Waals surface area contributed by atoms with Gasteiger partial charge < -0.3 is 37.4 Å². The van der Waals surface area contributed by atoms with Gasteiger partial charge in [0.2, 0.25) is 0 Å². The molecule has 252 valence electrons. The Hall–Kier alpha value is -5.59. The maximum Gasteiger partial charge on any atom is 0.460 e. The van der Waals surface area contributed by atoms with Crippen molar-refractivity contribution in [1.82, 2.24) is 0 Å². The second kappa shape index (κ2) is 14.5. The van der Waals surface area contributed by atoms with Gasteiger partial charge in [0.25, 0.3) is 0 Å². The highest BCUT2D eigenvalue weighted by Gasteiger charge is 2.48. The van der Waals surface area contributed by atoms with Crippen LogP contribution in [0.4, 0.5) is 0 Å². The summed E-state index contributed by atoms with van der Waals surface area (Å²) in [5.41, 5.74) is 0. The summed E-state index contributed by atoms with van der Waals surface area (Å²) >= 11 is 0. The number of phenols is 2. The number of benzene rings is 6. The number of phenolic OH excluding ortho intramolecular Hbond substituents is 2. The van der Waals surface area contributed by atoms with Gasteiger partial charge >= 0.3 is 23.0 Å². The molecule has 0 saturated carbocycles. The molecule has 1 aliphatic heterocycles. The third kappa shape index (κ3) is 8.16. The summed E-state index contributed by atoms with van der Waals surface area (Å²) in [5, 5.41) is 20.2. The highest BCUT2D eigenvalue weighted by molar-refractivity contribution is 7.79. The van der Waals surface area contributed by atoms with Crippen molar-refractivity contribution < 1.29 is 37.4 Å². The van der Waals surface area contributed by atoms with Crippen molar-refractivity contribution in [3.05, 3.63) is 170 Å². The maximum absolute atomic E-state index is 10.1. The maximum atomic E-state index is 10.1. The molecule has 0 saturated heterocycles. The molecule has 0 atom stereocenters. The van der Waals surface area contributed by atoms with Gasteiger partial charge in [-0.2, -0.15) is 0 Å². The van der Waals surface area contributed by atoms with Crippen molar-refractivity contribution in [3.8, 4) is 46.0 Å². The summed E-state index contributed by atoms with van der Waals surface area (Å²) in [4.78, 5) is 0. The van der Waals surface area contributed by atoms with E-state index in [1.54, 1.807) is 72.8 Å². The first-order valence-electron chi connectivity index (χ1n) is 15.3. The Labute approximate surface area is 289 Å². The fourth-order valence-electron chi connectivity index (χ4n) is 4.52. The van der Waals surface area contributed by atoms with Gasteiger partial charge in [0.15, 0.2) is 0 Å². The molecular formula is C36H30N3O8P3. The van der Waals surface area contributed by atoms with Gasteiger partial charge in [-0.15, -0.1) is 0 Å². The van der Waals surface area contributed by atoms with E-state index in [2.05, 4.69) is 0 Å². The topological polar surface area (TPSA) is 133 Å². The number of aromatic hydroxyl groups is 2. The molecule has 50 heavy (non-hydrogen) atoms. The predicted octanol–water partition coefficient (Wildman–Crippen LogP) is 11.7. The Morgan fingerprint density at radius 3 is 0.700 bits per heavy atom. The summed E-state index contributed by atoms with van der Waals surface area (Å²) in [6.45, 7) is 0. The zero-order valence-corrected chi connectivity index (χ0v) is 28.9. The Morgan fingerprint density at radius 1 is 0.280 bits per heavy atom. The van der Waals surface area contributed by atoms with E-state index in [1.807, 2.05) is 72.8 Å². The third-order valence-electron chi connectivity index (χ3n) is 6.67. The van der Waals surface area contributed by atoms with Crippen LogP contribution in [-0.2, 0) is 0 Å². The van der Waals surface area contributed by atoms with E-state index >= 15 is 0 Å². The summed E-state index contributed by atoms with van der Waals surface area (Å²) in [6, 6.07) is 48.1. The van der Waals surface area contributed by atoms with E-state index in [4.69, 9.17) is 40.7 Å². The lowest BCUT2D eigenvalue weighted by molar-refractivity contribution is 0.440. The summed E-state index contributed by atoms with van der Waals surface area (Å²) < 4.78 is 55.4. The van der Waals surface area contributed by atoms with Crippen LogP contribution < -0.4 is 27.1 Å². The molecular weight excluding hydrogens is 695 g/mol. The number of hydrogen-bond donors (Lipinski definition) is 2. The lowest BCUT2D eigenvalue weighted by Gasteiger charge is -2.33. The average Bonchev–Trinajstić information content (AvgIpc) is 3.12. The van der Waals surface area contributed by atoms with Gasteiger partial charge in [-0.25, -0.2) is 0 Å². The summed E-state index contributed by atoms with van der Waals surface area (Å²) in [6.07, 6.45) is 0. The van der Waals surface area contributed by atoms with Crippen molar-refractivity contribution in [3.63, 3.8) is 0 Å². The van der Waals surface area contributed by atoms with Crippen molar-refractivity contribution in [2.75, 3.05) is 0 Å². The minimum absolute atomic E-state index is 0.0278. The second-order valence-electron chi connectivity index (χ2n) is 10.5. The Bertz CT molecular complexity index is 1980. The van der Waals surface area contributed by atoms with Gasteiger partial charge in [0, 0.05) is 0 Å². The predicted molar refractivity (Wildman–Crippen MR) is 194 cm³/mol. The quantitative estimate of drug-likeness (QED) is 0.119. The lowest BCUT2D eigenvalue weighted by atomic mass is 10.3. The molecule has 0 bridgehead atoms. The number of hydrogen-bond acceptors (Lipinski definition) is 11. The van der Waals surface area contributed by atoms with E-state index < -0.39 is 23.0 Å². The first kappa shape index (κ1) is 32.9. The Balaban J connectivity index is 1.55. The van der Waals surface area contributed by atoms with Crippen molar-refractivity contribution >= 4 is 23.0 Å². The van der Waals surface area contributed by atoms with Crippen LogP contribution in [-0.4, -0.2) is 10.2 Å². The van der Waals surface area contributed by atoms with E-state index in [0.29, 0.717) is 23.0 Å². The van der Waals surface area contributed by atoms with Crippen molar-refractivity contribution in [2.24, 2.45) is 13.5 Å². The second-order valence-corrected chi connectivity index (χ2v) is 16.7. The van der Waals surface area contributed by atoms with Crippen LogP contribution in [0.3, 0.4) is 0 Å². The van der Waals surface area contributed by atoms with Gasteiger partial charge in [0.1, 0.15) is 46.0 Å². The molecule has 1 heterocycles. The Kier molecular flexibility index (Phi) is 9.54. The molecule has 11 nitrogen and oxygen atoms in total. The van der Waals surface area contributed by atoms with E-state index in [-0.39, 0.29) is 23.0 Å². The van der Waals surface area contributed by atoms with Crippen molar-refractivity contribution in [2.45, 2.75) is 0 Å². The first-order valence-corrected chi connectivity index (χ1v) is 19.8. The van der Waals surface area contributed by atoms with Gasteiger partial charge in [-0.3, -0.25) is 0 Å². The SMILES string of the molecule is Oc1ccc(OP2(Oc3ccc(O)cc3)=NP(Oc3ccccc3)(Oc3ccccc3)=NP(Oc3ccccc3)(Oc3ccccc3)=N2)cc1. The van der Waals surface area contributed by atoms with E-state index in [0.717, 1.165) is 0 Å². The molecule has 0 radical (unpaired) electrons. The highest BCUT2D eigenvalue weighted by atomic mass is 31.3. The molecule has 0 unspecified atom stereocenters. The lowest BCUT2D eigenvalue weighted by Crippen LogP contribution is -2.11. The van der Waals surface area contributed by atoms with E-state index in [9.17, 15) is 10.2 Å². The minimum Gasteiger partial charge on any atom is -0.508 e. The van der Waals surface area contributed by atoms with Gasteiger partial charge in [-0.1, -0.05) is 86.3 Å². The zero-order valence-electron chi connectivity index (χ0n) is 26.2.